The zero-order chi connectivity index (χ0) is 22.8. The van der Waals surface area contributed by atoms with Gasteiger partial charge in [-0.2, -0.15) is 0 Å². The highest BCUT2D eigenvalue weighted by Crippen LogP contribution is 2.29. The van der Waals surface area contributed by atoms with Crippen LogP contribution in [0.3, 0.4) is 0 Å². The third-order valence-electron chi connectivity index (χ3n) is 5.21. The predicted molar refractivity (Wildman–Crippen MR) is 117 cm³/mol. The molecule has 10 heteroatoms. The molecule has 6 N–H and O–H groups in total. The van der Waals surface area contributed by atoms with E-state index in [1.54, 1.807) is 12.3 Å². The van der Waals surface area contributed by atoms with Crippen molar-refractivity contribution in [2.75, 3.05) is 29.0 Å². The summed E-state index contributed by atoms with van der Waals surface area (Å²) < 4.78 is 28.4. The summed E-state index contributed by atoms with van der Waals surface area (Å²) in [5.74, 6) is -2.27. The molecule has 0 bridgehead atoms. The van der Waals surface area contributed by atoms with Crippen LogP contribution in [0.2, 0.25) is 0 Å². The Labute approximate surface area is 182 Å². The summed E-state index contributed by atoms with van der Waals surface area (Å²) in [4.78, 5) is 23.0. The van der Waals surface area contributed by atoms with Crippen LogP contribution >= 0.6 is 0 Å². The Hall–Kier alpha value is -3.63. The van der Waals surface area contributed by atoms with Gasteiger partial charge in [-0.15, -0.1) is 0 Å². The van der Waals surface area contributed by atoms with Crippen LogP contribution in [0, 0.1) is 11.6 Å². The lowest BCUT2D eigenvalue weighted by molar-refractivity contribution is 0.102. The highest BCUT2D eigenvalue weighted by atomic mass is 19.1. The van der Waals surface area contributed by atoms with Crippen molar-refractivity contribution in [1.29, 1.82) is 0 Å². The first-order valence-corrected chi connectivity index (χ1v) is 9.98. The van der Waals surface area contributed by atoms with Gasteiger partial charge in [0.25, 0.3) is 5.91 Å². The lowest BCUT2D eigenvalue weighted by atomic mass is 10.0. The average molecular weight is 440 g/mol. The Morgan fingerprint density at radius 1 is 1.16 bits per heavy atom. The van der Waals surface area contributed by atoms with E-state index in [2.05, 4.69) is 15.3 Å². The topological polar surface area (TPSA) is 130 Å². The third kappa shape index (κ3) is 4.36. The first kappa shape index (κ1) is 21.6. The van der Waals surface area contributed by atoms with Crippen molar-refractivity contribution >= 4 is 23.0 Å². The number of piperidine rings is 1. The second kappa shape index (κ2) is 8.85. The van der Waals surface area contributed by atoms with Crippen LogP contribution in [0.25, 0.3) is 11.3 Å². The molecule has 1 fully saturated rings. The maximum Gasteiger partial charge on any atom is 0.276 e. The molecule has 3 aromatic rings. The number of nitrogens with two attached hydrogens (primary N) is 2. The monoisotopic (exact) mass is 440 g/mol. The molecule has 32 heavy (non-hydrogen) atoms. The Balaban J connectivity index is 1.65. The van der Waals surface area contributed by atoms with Gasteiger partial charge in [-0.25, -0.2) is 13.8 Å². The number of aromatic nitrogens is 2. The number of nitrogen functional groups attached to an aromatic ring is 1. The number of carbonyl (C=O) groups excluding carboxylic acids is 1. The van der Waals surface area contributed by atoms with Gasteiger partial charge in [-0.3, -0.25) is 9.78 Å². The van der Waals surface area contributed by atoms with Crippen molar-refractivity contribution < 1.29 is 18.7 Å². The molecular formula is C22H22F2N6O2. The first-order valence-electron chi connectivity index (χ1n) is 9.98. The van der Waals surface area contributed by atoms with E-state index in [0.29, 0.717) is 30.9 Å². The average Bonchev–Trinajstić information content (AvgIpc) is 2.74. The van der Waals surface area contributed by atoms with Gasteiger partial charge in [0, 0.05) is 25.3 Å². The van der Waals surface area contributed by atoms with Crippen LogP contribution in [0.5, 0.6) is 0 Å². The Bertz CT molecular complexity index is 1130. The van der Waals surface area contributed by atoms with E-state index in [1.807, 2.05) is 4.90 Å². The van der Waals surface area contributed by atoms with Crippen LogP contribution in [0.15, 0.2) is 48.8 Å². The molecule has 8 nitrogen and oxygen atoms in total. The molecule has 2 atom stereocenters. The number of halogens is 2. The minimum atomic E-state index is -0.803. The van der Waals surface area contributed by atoms with Gasteiger partial charge in [0.05, 0.1) is 40.6 Å². The standard InChI is InChI=1S/C22H22F2N6O2/c23-14-2-1-3-15(24)20(14)17-5-4-16(26)21(28-17)22(32)29-18-9-27-7-6-19(18)30-10-12(25)8-13(31)11-30/h1-7,9,12-13,31H,8,10-11,25-26H2,(H,29,32)/t12-,13+/m0/s1. The van der Waals surface area contributed by atoms with E-state index in [0.717, 1.165) is 12.1 Å². The molecule has 0 radical (unpaired) electrons. The van der Waals surface area contributed by atoms with Gasteiger partial charge in [-0.05, 0) is 36.8 Å². The molecule has 1 aromatic carbocycles. The molecule has 1 saturated heterocycles. The minimum absolute atomic E-state index is 0.0452. The number of pyridine rings is 2. The van der Waals surface area contributed by atoms with Gasteiger partial charge in [-0.1, -0.05) is 6.07 Å². The van der Waals surface area contributed by atoms with Crippen molar-refractivity contribution in [2.45, 2.75) is 18.6 Å². The molecule has 2 aromatic heterocycles. The van der Waals surface area contributed by atoms with Crippen LogP contribution in [-0.4, -0.2) is 46.2 Å². The molecule has 0 spiro atoms. The van der Waals surface area contributed by atoms with Crippen LogP contribution < -0.4 is 21.7 Å². The van der Waals surface area contributed by atoms with Crippen LogP contribution in [0.1, 0.15) is 16.9 Å². The van der Waals surface area contributed by atoms with Crippen molar-refractivity contribution in [3.05, 3.63) is 66.1 Å². The number of carbonyl (C=O) groups is 1. The number of hydrogen-bond donors (Lipinski definition) is 4. The SMILES string of the molecule is Nc1ccc(-c2c(F)cccc2F)nc1C(=O)Nc1cnccc1N1C[C@@H](N)C[C@@H](O)C1. The highest BCUT2D eigenvalue weighted by molar-refractivity contribution is 6.07. The number of nitrogens with zero attached hydrogens (tertiary/aromatic N) is 3. The van der Waals surface area contributed by atoms with Crippen molar-refractivity contribution in [3.8, 4) is 11.3 Å². The number of nitrogens with one attached hydrogen (secondary N) is 1. The third-order valence-corrected chi connectivity index (χ3v) is 5.21. The summed E-state index contributed by atoms with van der Waals surface area (Å²) in [6, 6.07) is 7.65. The summed E-state index contributed by atoms with van der Waals surface area (Å²) in [6.45, 7) is 0.843. The zero-order valence-electron chi connectivity index (χ0n) is 17.0. The fourth-order valence-electron chi connectivity index (χ4n) is 3.78. The van der Waals surface area contributed by atoms with Gasteiger partial charge < -0.3 is 26.8 Å². The number of rotatable bonds is 4. The van der Waals surface area contributed by atoms with E-state index < -0.39 is 23.6 Å². The molecule has 0 unspecified atom stereocenters. The Morgan fingerprint density at radius 2 is 1.91 bits per heavy atom. The van der Waals surface area contributed by atoms with E-state index in [-0.39, 0.29) is 28.7 Å². The fraction of sp³-hybridized carbons (Fsp3) is 0.227. The molecule has 0 saturated carbocycles. The van der Waals surface area contributed by atoms with Gasteiger partial charge in [0.2, 0.25) is 0 Å². The lowest BCUT2D eigenvalue weighted by Gasteiger charge is -2.36. The van der Waals surface area contributed by atoms with Crippen LogP contribution in [0.4, 0.5) is 25.8 Å². The first-order chi connectivity index (χ1) is 15.3. The summed E-state index contributed by atoms with van der Waals surface area (Å²) >= 11 is 0. The van der Waals surface area contributed by atoms with Gasteiger partial charge in [0.1, 0.15) is 11.6 Å². The second-order valence-corrected chi connectivity index (χ2v) is 7.63. The highest BCUT2D eigenvalue weighted by Gasteiger charge is 2.26. The molecule has 1 amide bonds. The van der Waals surface area contributed by atoms with Crippen molar-refractivity contribution in [2.24, 2.45) is 5.73 Å². The molecule has 0 aliphatic carbocycles. The fourth-order valence-corrected chi connectivity index (χ4v) is 3.78. The molecule has 1 aliphatic heterocycles. The maximum absolute atomic E-state index is 14.2. The smallest absolute Gasteiger partial charge is 0.276 e. The normalized spacial score (nSPS) is 18.4. The second-order valence-electron chi connectivity index (χ2n) is 7.63. The molecule has 166 valence electrons. The maximum atomic E-state index is 14.2. The Kier molecular flexibility index (Phi) is 5.97. The summed E-state index contributed by atoms with van der Waals surface area (Å²) in [5.41, 5.74) is 12.4. The number of β-amino-alcohol motifs (C(OH)–C–C–N with tert-alkyl or cyclic N) is 1. The van der Waals surface area contributed by atoms with Crippen molar-refractivity contribution in [1.82, 2.24) is 9.97 Å². The van der Waals surface area contributed by atoms with E-state index in [4.69, 9.17) is 11.5 Å². The van der Waals surface area contributed by atoms with Crippen LogP contribution in [-0.2, 0) is 0 Å². The van der Waals surface area contributed by atoms with E-state index in [1.165, 1.54) is 24.4 Å². The quantitative estimate of drug-likeness (QED) is 0.489. The van der Waals surface area contributed by atoms with E-state index in [9.17, 15) is 18.7 Å². The molecular weight excluding hydrogens is 418 g/mol. The lowest BCUT2D eigenvalue weighted by Crippen LogP contribution is -2.49. The molecule has 1 aliphatic rings. The number of aliphatic hydroxyl groups is 1. The number of aliphatic hydroxyl groups excluding tert-OH is 1. The minimum Gasteiger partial charge on any atom is -0.397 e. The molecule has 4 rings (SSSR count). The number of benzene rings is 1. The molecule has 3 heterocycles. The van der Waals surface area contributed by atoms with E-state index >= 15 is 0 Å². The van der Waals surface area contributed by atoms with Crippen molar-refractivity contribution in [3.63, 3.8) is 0 Å². The number of hydrogen-bond acceptors (Lipinski definition) is 7. The largest absolute Gasteiger partial charge is 0.397 e. The number of amides is 1. The summed E-state index contributed by atoms with van der Waals surface area (Å²) in [6.07, 6.45) is 2.91. The zero-order valence-corrected chi connectivity index (χ0v) is 17.0. The van der Waals surface area contributed by atoms with Gasteiger partial charge in [0.15, 0.2) is 5.69 Å². The Morgan fingerprint density at radius 3 is 2.62 bits per heavy atom. The number of anilines is 3. The predicted octanol–water partition coefficient (Wildman–Crippen LogP) is 2.15. The van der Waals surface area contributed by atoms with Gasteiger partial charge >= 0.3 is 0 Å². The summed E-state index contributed by atoms with van der Waals surface area (Å²) in [5, 5.41) is 12.8. The summed E-state index contributed by atoms with van der Waals surface area (Å²) in [7, 11) is 0.